The topological polar surface area (TPSA) is 169 Å². The Morgan fingerprint density at radius 1 is 0.978 bits per heavy atom. The van der Waals surface area contributed by atoms with E-state index in [0.29, 0.717) is 40.7 Å². The molecule has 3 heterocycles. The highest BCUT2D eigenvalue weighted by Gasteiger charge is 2.45. The minimum absolute atomic E-state index is 0.147. The van der Waals surface area contributed by atoms with Crippen LogP contribution in [0.4, 0.5) is 5.82 Å². The highest BCUT2D eigenvalue weighted by molar-refractivity contribution is 5.83. The van der Waals surface area contributed by atoms with E-state index < -0.39 is 30.5 Å². The molecule has 0 bridgehead atoms. The van der Waals surface area contributed by atoms with Gasteiger partial charge in [-0.1, -0.05) is 12.1 Å². The summed E-state index contributed by atoms with van der Waals surface area (Å²) in [5.74, 6) is 2.24. The van der Waals surface area contributed by atoms with Gasteiger partial charge in [-0.2, -0.15) is 0 Å². The summed E-state index contributed by atoms with van der Waals surface area (Å²) in [6.07, 6.45) is -1.15. The van der Waals surface area contributed by atoms with E-state index in [9.17, 15) is 15.0 Å². The first-order valence-corrected chi connectivity index (χ1v) is 14.3. The maximum absolute atomic E-state index is 12.4. The molecule has 0 radical (unpaired) electrons. The Morgan fingerprint density at radius 3 is 2.33 bits per heavy atom. The zero-order valence-corrected chi connectivity index (χ0v) is 25.7. The summed E-state index contributed by atoms with van der Waals surface area (Å²) in [6, 6.07) is 10.8. The Hall–Kier alpha value is -4.66. The number of methoxy groups -OCH3 is 4. The number of aliphatic hydroxyl groups is 2. The van der Waals surface area contributed by atoms with Gasteiger partial charge >= 0.3 is 5.97 Å². The minimum atomic E-state index is -1.32. The Bertz CT molecular complexity index is 1590. The molecule has 14 heteroatoms. The van der Waals surface area contributed by atoms with Crippen LogP contribution in [0.3, 0.4) is 0 Å². The van der Waals surface area contributed by atoms with Gasteiger partial charge in [0.15, 0.2) is 34.7 Å². The largest absolute Gasteiger partial charge is 0.497 e. The average Bonchev–Trinajstić information content (AvgIpc) is 3.62. The van der Waals surface area contributed by atoms with Gasteiger partial charge in [0.2, 0.25) is 5.75 Å². The normalized spacial score (nSPS) is 20.1. The molecule has 5 rings (SSSR count). The standard InChI is InChI=1S/C31H37N5O9/c1-17(19-12-21(41-3)28(43-5)22(13-19)42-4)35-29-25-30(33-15-32-29)36(16-34-25)31-27(39)26(38)23(45-31)14-44-24(37)11-8-18-6-9-20(40-2)10-7-18/h6-7,9-10,12-13,15-17,23,26-27,31,38-39H,8,11,14H2,1-5H3,(H,32,33,35). The number of nitrogens with one attached hydrogen (secondary N) is 1. The van der Waals surface area contributed by atoms with E-state index >= 15 is 0 Å². The molecule has 14 nitrogen and oxygen atoms in total. The quantitative estimate of drug-likeness (QED) is 0.186. The third-order valence-corrected chi connectivity index (χ3v) is 7.70. The van der Waals surface area contributed by atoms with Crippen molar-refractivity contribution >= 4 is 23.0 Å². The molecule has 3 N–H and O–H groups in total. The lowest BCUT2D eigenvalue weighted by molar-refractivity contribution is -0.150. The van der Waals surface area contributed by atoms with Crippen LogP contribution in [0, 0.1) is 0 Å². The zero-order valence-electron chi connectivity index (χ0n) is 25.7. The molecule has 5 atom stereocenters. The molecule has 1 aliphatic heterocycles. The number of ether oxygens (including phenoxy) is 6. The van der Waals surface area contributed by atoms with E-state index in [4.69, 9.17) is 28.4 Å². The molecule has 45 heavy (non-hydrogen) atoms. The fourth-order valence-corrected chi connectivity index (χ4v) is 5.17. The number of anilines is 1. The molecule has 240 valence electrons. The Morgan fingerprint density at radius 2 is 1.69 bits per heavy atom. The number of carbonyl (C=O) groups is 1. The summed E-state index contributed by atoms with van der Waals surface area (Å²) in [5.41, 5.74) is 2.60. The van der Waals surface area contributed by atoms with E-state index in [1.54, 1.807) is 28.4 Å². The van der Waals surface area contributed by atoms with E-state index in [1.807, 2.05) is 43.3 Å². The third-order valence-electron chi connectivity index (χ3n) is 7.70. The summed E-state index contributed by atoms with van der Waals surface area (Å²) < 4.78 is 34.4. The molecule has 1 fully saturated rings. The SMILES string of the molecule is COc1ccc(CCC(=O)OCC2OC(n3cnc4c(NC(C)c5cc(OC)c(OC)c(OC)c5)ncnc43)C(O)C2O)cc1. The van der Waals surface area contributed by atoms with E-state index in [2.05, 4.69) is 20.3 Å². The number of hydrogen-bond acceptors (Lipinski definition) is 13. The predicted molar refractivity (Wildman–Crippen MR) is 162 cm³/mol. The summed E-state index contributed by atoms with van der Waals surface area (Å²) in [5, 5.41) is 24.9. The van der Waals surface area contributed by atoms with Crippen LogP contribution in [0.15, 0.2) is 49.1 Å². The van der Waals surface area contributed by atoms with Crippen LogP contribution in [-0.4, -0.2) is 89.1 Å². The summed E-state index contributed by atoms with van der Waals surface area (Å²) in [6.45, 7) is 1.71. The molecule has 0 aliphatic carbocycles. The van der Waals surface area contributed by atoms with Crippen LogP contribution in [-0.2, 0) is 20.7 Å². The number of fused-ring (bicyclic) bond motifs is 1. The molecule has 1 saturated heterocycles. The Kier molecular flexibility index (Phi) is 9.86. The lowest BCUT2D eigenvalue weighted by Crippen LogP contribution is -2.34. The van der Waals surface area contributed by atoms with Crippen molar-refractivity contribution < 1.29 is 43.4 Å². The van der Waals surface area contributed by atoms with Crippen molar-refractivity contribution in [2.75, 3.05) is 40.4 Å². The number of rotatable bonds is 13. The highest BCUT2D eigenvalue weighted by Crippen LogP contribution is 2.40. The Labute approximate surface area is 259 Å². The van der Waals surface area contributed by atoms with Gasteiger partial charge in [-0.25, -0.2) is 15.0 Å². The first-order valence-electron chi connectivity index (χ1n) is 14.3. The van der Waals surface area contributed by atoms with Crippen LogP contribution in [0.25, 0.3) is 11.2 Å². The van der Waals surface area contributed by atoms with Gasteiger partial charge in [0.25, 0.3) is 0 Å². The number of benzene rings is 2. The van der Waals surface area contributed by atoms with Gasteiger partial charge in [0.1, 0.15) is 37.0 Å². The van der Waals surface area contributed by atoms with Crippen LogP contribution < -0.4 is 24.3 Å². The van der Waals surface area contributed by atoms with Crippen molar-refractivity contribution in [3.8, 4) is 23.0 Å². The van der Waals surface area contributed by atoms with E-state index in [0.717, 1.165) is 16.9 Å². The monoisotopic (exact) mass is 623 g/mol. The van der Waals surface area contributed by atoms with Crippen LogP contribution in [0.2, 0.25) is 0 Å². The van der Waals surface area contributed by atoms with Crippen molar-refractivity contribution in [1.82, 2.24) is 19.5 Å². The molecule has 2 aromatic carbocycles. The van der Waals surface area contributed by atoms with Gasteiger partial charge in [0.05, 0.1) is 40.8 Å². The molecule has 1 aliphatic rings. The molecule has 0 saturated carbocycles. The maximum atomic E-state index is 12.4. The van der Waals surface area contributed by atoms with E-state index in [-0.39, 0.29) is 19.1 Å². The zero-order chi connectivity index (χ0) is 32.1. The fraction of sp³-hybridized carbons (Fsp3) is 0.419. The van der Waals surface area contributed by atoms with Crippen molar-refractivity contribution in [3.63, 3.8) is 0 Å². The average molecular weight is 624 g/mol. The van der Waals surface area contributed by atoms with Gasteiger partial charge < -0.3 is 44.0 Å². The molecule has 2 aromatic heterocycles. The first-order chi connectivity index (χ1) is 21.8. The number of nitrogens with zero attached hydrogens (tertiary/aromatic N) is 4. The third kappa shape index (κ3) is 6.72. The lowest BCUT2D eigenvalue weighted by atomic mass is 10.1. The predicted octanol–water partition coefficient (Wildman–Crippen LogP) is 2.83. The number of aryl methyl sites for hydroxylation is 1. The molecule has 4 aromatic rings. The second-order valence-corrected chi connectivity index (χ2v) is 10.4. The smallest absolute Gasteiger partial charge is 0.306 e. The summed E-state index contributed by atoms with van der Waals surface area (Å²) >= 11 is 0. The summed E-state index contributed by atoms with van der Waals surface area (Å²) in [7, 11) is 6.23. The number of hydrogen-bond donors (Lipinski definition) is 3. The second kappa shape index (κ2) is 14.0. The van der Waals surface area contributed by atoms with Gasteiger partial charge in [-0.15, -0.1) is 0 Å². The molecule has 5 unspecified atom stereocenters. The number of aliphatic hydroxyl groups excluding tert-OH is 2. The number of imidazole rings is 1. The van der Waals surface area contributed by atoms with Crippen LogP contribution in [0.1, 0.15) is 36.7 Å². The number of aromatic nitrogens is 4. The minimum Gasteiger partial charge on any atom is -0.497 e. The second-order valence-electron chi connectivity index (χ2n) is 10.4. The fourth-order valence-electron chi connectivity index (χ4n) is 5.17. The van der Waals surface area contributed by atoms with Crippen LogP contribution in [0.5, 0.6) is 23.0 Å². The maximum Gasteiger partial charge on any atom is 0.306 e. The highest BCUT2D eigenvalue weighted by atomic mass is 16.6. The first kappa shape index (κ1) is 31.8. The lowest BCUT2D eigenvalue weighted by Gasteiger charge is -2.19. The summed E-state index contributed by atoms with van der Waals surface area (Å²) in [4.78, 5) is 25.6. The van der Waals surface area contributed by atoms with Crippen molar-refractivity contribution in [2.45, 2.75) is 50.3 Å². The van der Waals surface area contributed by atoms with E-state index in [1.165, 1.54) is 17.2 Å². The molecular weight excluding hydrogens is 586 g/mol. The molecule has 0 amide bonds. The van der Waals surface area contributed by atoms with Gasteiger partial charge in [-0.3, -0.25) is 9.36 Å². The van der Waals surface area contributed by atoms with Crippen molar-refractivity contribution in [2.24, 2.45) is 0 Å². The van der Waals surface area contributed by atoms with Crippen LogP contribution >= 0.6 is 0 Å². The van der Waals surface area contributed by atoms with Gasteiger partial charge in [-0.05, 0) is 48.7 Å². The van der Waals surface area contributed by atoms with Crippen molar-refractivity contribution in [1.29, 1.82) is 0 Å². The Balaban J connectivity index is 1.25. The number of carbonyl (C=O) groups excluding carboxylic acids is 1. The molecular formula is C31H37N5O9. The van der Waals surface area contributed by atoms with Crippen molar-refractivity contribution in [3.05, 3.63) is 60.2 Å². The number of esters is 1. The molecule has 0 spiro atoms. The van der Waals surface area contributed by atoms with Gasteiger partial charge in [0, 0.05) is 6.42 Å².